The standard InChI is InChI=1S/C25H26FN3O4S/c1-3-33-22-12-10-20(11-13-22)16-27-28-25(30)18-29(17-21-6-4-5-7-24(21)26)34(31,32)23-14-8-19(2)9-15-23/h4-16H,3,17-18H2,1-2H3,(H,28,30)/b27-16-. The van der Waals surface area contributed by atoms with E-state index >= 15 is 0 Å². The summed E-state index contributed by atoms with van der Waals surface area (Å²) in [5, 5.41) is 3.90. The molecule has 7 nitrogen and oxygen atoms in total. The predicted octanol–water partition coefficient (Wildman–Crippen LogP) is 3.87. The zero-order valence-electron chi connectivity index (χ0n) is 18.9. The van der Waals surface area contributed by atoms with Gasteiger partial charge in [0.05, 0.1) is 24.3 Å². The summed E-state index contributed by atoms with van der Waals surface area (Å²) in [4.78, 5) is 12.6. The third-order valence-electron chi connectivity index (χ3n) is 4.88. The maximum Gasteiger partial charge on any atom is 0.255 e. The van der Waals surface area contributed by atoms with Gasteiger partial charge in [-0.2, -0.15) is 9.41 Å². The SMILES string of the molecule is CCOc1ccc(/C=N\NC(=O)CN(Cc2ccccc2F)S(=O)(=O)c2ccc(C)cc2)cc1. The van der Waals surface area contributed by atoms with Gasteiger partial charge in [0.2, 0.25) is 10.0 Å². The molecule has 0 saturated heterocycles. The van der Waals surface area contributed by atoms with Crippen LogP contribution in [-0.4, -0.2) is 38.0 Å². The molecule has 178 valence electrons. The summed E-state index contributed by atoms with van der Waals surface area (Å²) in [6, 6.07) is 19.2. The lowest BCUT2D eigenvalue weighted by atomic mass is 10.2. The number of nitrogens with zero attached hydrogens (tertiary/aromatic N) is 2. The van der Waals surface area contributed by atoms with E-state index in [-0.39, 0.29) is 17.0 Å². The fraction of sp³-hybridized carbons (Fsp3) is 0.200. The number of halogens is 1. The smallest absolute Gasteiger partial charge is 0.255 e. The average Bonchev–Trinajstić information content (AvgIpc) is 2.81. The molecule has 9 heteroatoms. The van der Waals surface area contributed by atoms with E-state index in [0.29, 0.717) is 12.4 Å². The topological polar surface area (TPSA) is 88.1 Å². The van der Waals surface area contributed by atoms with Gasteiger partial charge in [-0.1, -0.05) is 35.9 Å². The molecule has 0 aliphatic heterocycles. The molecule has 0 saturated carbocycles. The number of carbonyl (C=O) groups excluding carboxylic acids is 1. The van der Waals surface area contributed by atoms with E-state index in [0.717, 1.165) is 15.4 Å². The zero-order valence-corrected chi connectivity index (χ0v) is 19.8. The summed E-state index contributed by atoms with van der Waals surface area (Å²) in [6.45, 7) is 3.44. The summed E-state index contributed by atoms with van der Waals surface area (Å²) in [6.07, 6.45) is 1.43. The second-order valence-corrected chi connectivity index (χ2v) is 9.41. The van der Waals surface area contributed by atoms with Crippen LogP contribution in [0.3, 0.4) is 0 Å². The second-order valence-electron chi connectivity index (χ2n) is 7.47. The Kier molecular flexibility index (Phi) is 8.50. The maximum absolute atomic E-state index is 14.2. The molecule has 0 fully saturated rings. The lowest BCUT2D eigenvalue weighted by molar-refractivity contribution is -0.121. The number of hydrazone groups is 1. The van der Waals surface area contributed by atoms with Crippen molar-refractivity contribution in [2.45, 2.75) is 25.3 Å². The number of nitrogens with one attached hydrogen (secondary N) is 1. The summed E-state index contributed by atoms with van der Waals surface area (Å²) < 4.78 is 47.0. The molecule has 3 aromatic rings. The molecule has 0 aromatic heterocycles. The van der Waals surface area contributed by atoms with Crippen molar-refractivity contribution < 1.29 is 22.3 Å². The average molecular weight is 484 g/mol. The number of hydrogen-bond donors (Lipinski definition) is 1. The highest BCUT2D eigenvalue weighted by Gasteiger charge is 2.27. The van der Waals surface area contributed by atoms with Crippen molar-refractivity contribution in [3.63, 3.8) is 0 Å². The van der Waals surface area contributed by atoms with Crippen LogP contribution in [0.15, 0.2) is 82.8 Å². The van der Waals surface area contributed by atoms with Gasteiger partial charge in [0.15, 0.2) is 0 Å². The van der Waals surface area contributed by atoms with Gasteiger partial charge in [-0.15, -0.1) is 0 Å². The summed E-state index contributed by atoms with van der Waals surface area (Å²) in [7, 11) is -4.08. The minimum atomic E-state index is -4.08. The van der Waals surface area contributed by atoms with Gasteiger partial charge < -0.3 is 4.74 Å². The number of aryl methyl sites for hydroxylation is 1. The summed E-state index contributed by atoms with van der Waals surface area (Å²) >= 11 is 0. The fourth-order valence-electron chi connectivity index (χ4n) is 3.09. The number of ether oxygens (including phenoxy) is 1. The van der Waals surface area contributed by atoms with Crippen LogP contribution >= 0.6 is 0 Å². The van der Waals surface area contributed by atoms with Crippen molar-refractivity contribution in [2.75, 3.05) is 13.2 Å². The molecular formula is C25H26FN3O4S. The number of carbonyl (C=O) groups is 1. The molecule has 3 aromatic carbocycles. The Morgan fingerprint density at radius 2 is 1.74 bits per heavy atom. The number of rotatable bonds is 10. The molecule has 34 heavy (non-hydrogen) atoms. The molecule has 0 spiro atoms. The van der Waals surface area contributed by atoms with Gasteiger partial charge in [-0.25, -0.2) is 18.2 Å². The van der Waals surface area contributed by atoms with Crippen LogP contribution in [0, 0.1) is 12.7 Å². The molecule has 1 amide bonds. The van der Waals surface area contributed by atoms with E-state index in [2.05, 4.69) is 10.5 Å². The highest BCUT2D eigenvalue weighted by molar-refractivity contribution is 7.89. The Hall–Kier alpha value is -3.56. The Morgan fingerprint density at radius 3 is 2.38 bits per heavy atom. The molecular weight excluding hydrogens is 457 g/mol. The third kappa shape index (κ3) is 6.72. The Labute approximate surface area is 198 Å². The monoisotopic (exact) mass is 483 g/mol. The maximum atomic E-state index is 14.2. The van der Waals surface area contributed by atoms with Crippen LogP contribution in [0.25, 0.3) is 0 Å². The van der Waals surface area contributed by atoms with Gasteiger partial charge >= 0.3 is 0 Å². The van der Waals surface area contributed by atoms with E-state index in [1.165, 1.54) is 36.5 Å². The molecule has 0 aliphatic rings. The molecule has 0 bridgehead atoms. The Balaban J connectivity index is 1.75. The second kappa shape index (κ2) is 11.5. The highest BCUT2D eigenvalue weighted by Crippen LogP contribution is 2.20. The Morgan fingerprint density at radius 1 is 1.06 bits per heavy atom. The number of amides is 1. The van der Waals surface area contributed by atoms with Crippen molar-refractivity contribution in [1.82, 2.24) is 9.73 Å². The molecule has 0 aliphatic carbocycles. The molecule has 3 rings (SSSR count). The molecule has 0 atom stereocenters. The number of benzene rings is 3. The first-order valence-corrected chi connectivity index (χ1v) is 12.1. The van der Waals surface area contributed by atoms with Gasteiger partial charge in [-0.05, 0) is 61.9 Å². The van der Waals surface area contributed by atoms with Crippen molar-refractivity contribution in [2.24, 2.45) is 5.10 Å². The molecule has 0 unspecified atom stereocenters. The fourth-order valence-corrected chi connectivity index (χ4v) is 4.47. The first-order chi connectivity index (χ1) is 16.3. The van der Waals surface area contributed by atoms with Crippen LogP contribution in [0.1, 0.15) is 23.6 Å². The van der Waals surface area contributed by atoms with Crippen molar-refractivity contribution in [3.05, 3.63) is 95.3 Å². The normalized spacial score (nSPS) is 11.6. The van der Waals surface area contributed by atoms with Crippen LogP contribution in [-0.2, 0) is 21.4 Å². The highest BCUT2D eigenvalue weighted by atomic mass is 32.2. The van der Waals surface area contributed by atoms with Crippen LogP contribution in [0.2, 0.25) is 0 Å². The lowest BCUT2D eigenvalue weighted by Crippen LogP contribution is -2.39. The predicted molar refractivity (Wildman–Crippen MR) is 129 cm³/mol. The number of sulfonamides is 1. The van der Waals surface area contributed by atoms with Gasteiger partial charge in [0.1, 0.15) is 11.6 Å². The van der Waals surface area contributed by atoms with E-state index < -0.39 is 28.3 Å². The third-order valence-corrected chi connectivity index (χ3v) is 6.68. The van der Waals surface area contributed by atoms with Crippen LogP contribution in [0.5, 0.6) is 5.75 Å². The zero-order chi connectivity index (χ0) is 24.6. The van der Waals surface area contributed by atoms with Gasteiger partial charge in [-0.3, -0.25) is 4.79 Å². The first-order valence-electron chi connectivity index (χ1n) is 10.6. The van der Waals surface area contributed by atoms with Gasteiger partial charge in [0, 0.05) is 12.1 Å². The minimum Gasteiger partial charge on any atom is -0.494 e. The van der Waals surface area contributed by atoms with E-state index in [4.69, 9.17) is 4.74 Å². The van der Waals surface area contributed by atoms with Crippen molar-refractivity contribution >= 4 is 22.1 Å². The lowest BCUT2D eigenvalue weighted by Gasteiger charge is -2.22. The quantitative estimate of drug-likeness (QED) is 0.350. The van der Waals surface area contributed by atoms with E-state index in [1.807, 2.05) is 13.8 Å². The summed E-state index contributed by atoms with van der Waals surface area (Å²) in [5.41, 5.74) is 4.10. The number of hydrogen-bond acceptors (Lipinski definition) is 5. The molecule has 0 heterocycles. The van der Waals surface area contributed by atoms with Gasteiger partial charge in [0.25, 0.3) is 5.91 Å². The molecule has 0 radical (unpaired) electrons. The van der Waals surface area contributed by atoms with E-state index in [1.54, 1.807) is 42.5 Å². The summed E-state index contributed by atoms with van der Waals surface area (Å²) in [5.74, 6) is -0.497. The first kappa shape index (κ1) is 25.1. The molecule has 1 N–H and O–H groups in total. The van der Waals surface area contributed by atoms with Crippen molar-refractivity contribution in [3.8, 4) is 5.75 Å². The minimum absolute atomic E-state index is 0.0140. The van der Waals surface area contributed by atoms with E-state index in [9.17, 15) is 17.6 Å². The van der Waals surface area contributed by atoms with Crippen molar-refractivity contribution in [1.29, 1.82) is 0 Å². The van der Waals surface area contributed by atoms with Crippen LogP contribution in [0.4, 0.5) is 4.39 Å². The Bertz CT molecular complexity index is 1240. The van der Waals surface area contributed by atoms with Crippen LogP contribution < -0.4 is 10.2 Å². The largest absolute Gasteiger partial charge is 0.494 e.